The van der Waals surface area contributed by atoms with Crippen LogP contribution in [0.2, 0.25) is 0 Å². The highest BCUT2D eigenvalue weighted by atomic mass is 19.1. The van der Waals surface area contributed by atoms with E-state index in [1.54, 1.807) is 13.0 Å². The summed E-state index contributed by atoms with van der Waals surface area (Å²) in [5.41, 5.74) is 1.28. The van der Waals surface area contributed by atoms with Crippen LogP contribution in [0.15, 0.2) is 18.2 Å². The van der Waals surface area contributed by atoms with Gasteiger partial charge in [0.05, 0.1) is 11.8 Å². The molecule has 20 heavy (non-hydrogen) atoms. The number of hydrogen-bond acceptors (Lipinski definition) is 3. The van der Waals surface area contributed by atoms with Gasteiger partial charge in [0, 0.05) is 25.2 Å². The number of benzene rings is 1. The van der Waals surface area contributed by atoms with Gasteiger partial charge in [-0.05, 0) is 45.8 Å². The summed E-state index contributed by atoms with van der Waals surface area (Å²) in [5.74, 6) is 0.456. The van der Waals surface area contributed by atoms with Gasteiger partial charge in [0.25, 0.3) is 0 Å². The Labute approximate surface area is 121 Å². The molecule has 1 unspecified atom stereocenters. The fourth-order valence-electron chi connectivity index (χ4n) is 3.06. The first kappa shape index (κ1) is 15.3. The maximum absolute atomic E-state index is 14.1. The Bertz CT molecular complexity index is 440. The van der Waals surface area contributed by atoms with Crippen molar-refractivity contribution in [1.82, 2.24) is 4.90 Å². The standard InChI is InChI=1S/C16H25FN2O/c1-12(20)14-5-4-6-15(17)16(14)19-9-7-13(8-10-19)11-18(2)3/h4-6,12-13,20H,7-11H2,1-3H3. The van der Waals surface area contributed by atoms with Crippen molar-refractivity contribution in [3.8, 4) is 0 Å². The van der Waals surface area contributed by atoms with Crippen LogP contribution in [-0.4, -0.2) is 43.7 Å². The number of aliphatic hydroxyl groups excluding tert-OH is 1. The van der Waals surface area contributed by atoms with Crippen LogP contribution < -0.4 is 4.90 Å². The van der Waals surface area contributed by atoms with Gasteiger partial charge in [0.2, 0.25) is 0 Å². The molecule has 3 nitrogen and oxygen atoms in total. The fraction of sp³-hybridized carbons (Fsp3) is 0.625. The molecule has 0 spiro atoms. The van der Waals surface area contributed by atoms with Crippen LogP contribution in [-0.2, 0) is 0 Å². The molecule has 1 heterocycles. The molecule has 1 N–H and O–H groups in total. The molecule has 1 fully saturated rings. The second-order valence-corrected chi connectivity index (χ2v) is 6.05. The van der Waals surface area contributed by atoms with Crippen molar-refractivity contribution in [2.75, 3.05) is 38.6 Å². The highest BCUT2D eigenvalue weighted by Crippen LogP contribution is 2.32. The van der Waals surface area contributed by atoms with Crippen LogP contribution in [0.4, 0.5) is 10.1 Å². The van der Waals surface area contributed by atoms with Gasteiger partial charge in [-0.15, -0.1) is 0 Å². The Balaban J connectivity index is 2.11. The molecular formula is C16H25FN2O. The fourth-order valence-corrected chi connectivity index (χ4v) is 3.06. The molecular weight excluding hydrogens is 255 g/mol. The van der Waals surface area contributed by atoms with E-state index in [0.29, 0.717) is 17.2 Å². The maximum atomic E-state index is 14.1. The van der Waals surface area contributed by atoms with Gasteiger partial charge in [0.1, 0.15) is 5.82 Å². The molecule has 0 radical (unpaired) electrons. The summed E-state index contributed by atoms with van der Waals surface area (Å²) in [6.45, 7) is 4.50. The van der Waals surface area contributed by atoms with E-state index in [1.165, 1.54) is 6.07 Å². The number of para-hydroxylation sites is 1. The van der Waals surface area contributed by atoms with Crippen molar-refractivity contribution in [1.29, 1.82) is 0 Å². The minimum atomic E-state index is -0.639. The van der Waals surface area contributed by atoms with Crippen LogP contribution in [0.3, 0.4) is 0 Å². The van der Waals surface area contributed by atoms with Crippen LogP contribution in [0, 0.1) is 11.7 Å². The van der Waals surface area contributed by atoms with E-state index >= 15 is 0 Å². The first-order chi connectivity index (χ1) is 9.49. The predicted octanol–water partition coefficient (Wildman–Crippen LogP) is 2.66. The smallest absolute Gasteiger partial charge is 0.146 e. The zero-order valence-electron chi connectivity index (χ0n) is 12.6. The Morgan fingerprint density at radius 3 is 2.55 bits per heavy atom. The summed E-state index contributed by atoms with van der Waals surface area (Å²) in [7, 11) is 4.18. The number of nitrogens with zero attached hydrogens (tertiary/aromatic N) is 2. The highest BCUT2D eigenvalue weighted by molar-refractivity contribution is 5.56. The Kier molecular flexibility index (Phi) is 5.00. The van der Waals surface area contributed by atoms with Gasteiger partial charge < -0.3 is 14.9 Å². The largest absolute Gasteiger partial charge is 0.389 e. The Hall–Kier alpha value is -1.13. The van der Waals surface area contributed by atoms with Gasteiger partial charge in [-0.2, -0.15) is 0 Å². The van der Waals surface area contributed by atoms with Gasteiger partial charge in [-0.1, -0.05) is 12.1 Å². The van der Waals surface area contributed by atoms with Crippen molar-refractivity contribution >= 4 is 5.69 Å². The summed E-state index contributed by atoms with van der Waals surface area (Å²) >= 11 is 0. The van der Waals surface area contributed by atoms with E-state index in [1.807, 2.05) is 6.07 Å². The number of hydrogen-bond donors (Lipinski definition) is 1. The second kappa shape index (κ2) is 6.55. The first-order valence-electron chi connectivity index (χ1n) is 7.35. The number of anilines is 1. The van der Waals surface area contributed by atoms with Crippen LogP contribution in [0.5, 0.6) is 0 Å². The summed E-state index contributed by atoms with van der Waals surface area (Å²) in [5, 5.41) is 9.83. The number of rotatable bonds is 4. The summed E-state index contributed by atoms with van der Waals surface area (Å²) < 4.78 is 14.1. The van der Waals surface area contributed by atoms with Crippen LogP contribution >= 0.6 is 0 Å². The van der Waals surface area contributed by atoms with E-state index in [9.17, 15) is 9.50 Å². The van der Waals surface area contributed by atoms with E-state index in [-0.39, 0.29) is 5.82 Å². The maximum Gasteiger partial charge on any atom is 0.146 e. The molecule has 4 heteroatoms. The molecule has 1 saturated heterocycles. The van der Waals surface area contributed by atoms with E-state index in [4.69, 9.17) is 0 Å². The lowest BCUT2D eigenvalue weighted by molar-refractivity contribution is 0.198. The molecule has 0 saturated carbocycles. The Morgan fingerprint density at radius 1 is 1.35 bits per heavy atom. The average molecular weight is 280 g/mol. The molecule has 0 amide bonds. The monoisotopic (exact) mass is 280 g/mol. The molecule has 1 aliphatic rings. The molecule has 0 bridgehead atoms. The van der Waals surface area contributed by atoms with Crippen molar-refractivity contribution in [2.24, 2.45) is 5.92 Å². The minimum Gasteiger partial charge on any atom is -0.389 e. The van der Waals surface area contributed by atoms with Crippen LogP contribution in [0.1, 0.15) is 31.4 Å². The molecule has 2 rings (SSSR count). The Morgan fingerprint density at radius 2 is 2.00 bits per heavy atom. The molecule has 0 aromatic heterocycles. The summed E-state index contributed by atoms with van der Waals surface area (Å²) in [6.07, 6.45) is 1.51. The normalized spacial score (nSPS) is 18.6. The zero-order valence-corrected chi connectivity index (χ0v) is 12.6. The molecule has 0 aliphatic carbocycles. The molecule has 1 aliphatic heterocycles. The zero-order chi connectivity index (χ0) is 14.7. The number of piperidine rings is 1. The van der Waals surface area contributed by atoms with Crippen LogP contribution in [0.25, 0.3) is 0 Å². The SMILES string of the molecule is CC(O)c1cccc(F)c1N1CCC(CN(C)C)CC1. The van der Waals surface area contributed by atoms with E-state index in [0.717, 1.165) is 32.5 Å². The minimum absolute atomic E-state index is 0.227. The lowest BCUT2D eigenvalue weighted by Crippen LogP contribution is -2.38. The third-order valence-corrected chi connectivity index (χ3v) is 4.02. The second-order valence-electron chi connectivity index (χ2n) is 6.05. The lowest BCUT2D eigenvalue weighted by atomic mass is 9.95. The molecule has 112 valence electrons. The van der Waals surface area contributed by atoms with Crippen molar-refractivity contribution in [3.05, 3.63) is 29.6 Å². The van der Waals surface area contributed by atoms with E-state index < -0.39 is 6.10 Å². The van der Waals surface area contributed by atoms with Gasteiger partial charge in [0.15, 0.2) is 0 Å². The van der Waals surface area contributed by atoms with Gasteiger partial charge in [-0.3, -0.25) is 0 Å². The molecule has 1 aromatic carbocycles. The summed E-state index contributed by atoms with van der Waals surface area (Å²) in [6, 6.07) is 4.96. The van der Waals surface area contributed by atoms with E-state index in [2.05, 4.69) is 23.9 Å². The quantitative estimate of drug-likeness (QED) is 0.918. The van der Waals surface area contributed by atoms with Crippen molar-refractivity contribution in [2.45, 2.75) is 25.9 Å². The first-order valence-corrected chi connectivity index (χ1v) is 7.35. The highest BCUT2D eigenvalue weighted by Gasteiger charge is 2.24. The number of halogens is 1. The van der Waals surface area contributed by atoms with Gasteiger partial charge >= 0.3 is 0 Å². The number of aliphatic hydroxyl groups is 1. The topological polar surface area (TPSA) is 26.7 Å². The van der Waals surface area contributed by atoms with Crippen molar-refractivity contribution in [3.63, 3.8) is 0 Å². The van der Waals surface area contributed by atoms with Gasteiger partial charge in [-0.25, -0.2) is 4.39 Å². The van der Waals surface area contributed by atoms with Crippen molar-refractivity contribution < 1.29 is 9.50 Å². The lowest BCUT2D eigenvalue weighted by Gasteiger charge is -2.36. The predicted molar refractivity (Wildman–Crippen MR) is 80.5 cm³/mol. The third kappa shape index (κ3) is 3.49. The average Bonchev–Trinajstić information content (AvgIpc) is 2.39. The summed E-state index contributed by atoms with van der Waals surface area (Å²) in [4.78, 5) is 4.30. The molecule has 1 atom stereocenters. The molecule has 1 aromatic rings. The third-order valence-electron chi connectivity index (χ3n) is 4.02.